The number of nitrogens with zero attached hydrogens (tertiary/aromatic N) is 5. The molecule has 0 N–H and O–H groups in total. The summed E-state index contributed by atoms with van der Waals surface area (Å²) in [5, 5.41) is 35.2. The van der Waals surface area contributed by atoms with E-state index in [2.05, 4.69) is 94.1 Å². The number of hydrogen-bond donors (Lipinski definition) is 0. The smallest absolute Gasteiger partial charge is 0.100 e. The number of fused-ring (bicyclic) bond motifs is 6. The third-order valence-electron chi connectivity index (χ3n) is 9.67. The van der Waals surface area contributed by atoms with Crippen LogP contribution in [0, 0.1) is 34.0 Å². The largest absolute Gasteiger partial charge is 0.309 e. The van der Waals surface area contributed by atoms with Gasteiger partial charge >= 0.3 is 0 Å². The molecular formula is C45H25N5. The molecule has 0 amide bonds. The Morgan fingerprint density at radius 1 is 0.380 bits per heavy atom. The molecule has 0 radical (unpaired) electrons. The molecule has 9 aromatic rings. The van der Waals surface area contributed by atoms with Gasteiger partial charge in [-0.3, -0.25) is 0 Å². The van der Waals surface area contributed by atoms with E-state index in [1.807, 2.05) is 84.9 Å². The van der Waals surface area contributed by atoms with Gasteiger partial charge in [-0.05, 0) is 54.6 Å². The summed E-state index contributed by atoms with van der Waals surface area (Å²) in [6.45, 7) is 0. The molecule has 0 atom stereocenters. The first-order valence-corrected chi connectivity index (χ1v) is 16.3. The van der Waals surface area contributed by atoms with E-state index in [4.69, 9.17) is 0 Å². The number of nitriles is 3. The molecule has 5 nitrogen and oxygen atoms in total. The van der Waals surface area contributed by atoms with E-state index in [0.29, 0.717) is 27.8 Å². The highest BCUT2D eigenvalue weighted by Crippen LogP contribution is 2.40. The Bertz CT molecular complexity index is 2920. The molecular weight excluding hydrogens is 611 g/mol. The minimum absolute atomic E-state index is 0.464. The summed E-state index contributed by atoms with van der Waals surface area (Å²) in [5.41, 5.74) is 10.6. The average Bonchev–Trinajstić information content (AvgIpc) is 3.70. The van der Waals surface area contributed by atoms with Gasteiger partial charge < -0.3 is 9.13 Å². The van der Waals surface area contributed by atoms with Gasteiger partial charge in [-0.15, -0.1) is 0 Å². The van der Waals surface area contributed by atoms with Crippen molar-refractivity contribution in [2.24, 2.45) is 0 Å². The number of rotatable bonds is 4. The summed E-state index contributed by atoms with van der Waals surface area (Å²) in [4.78, 5) is 0. The van der Waals surface area contributed by atoms with E-state index in [0.717, 1.165) is 55.3 Å². The van der Waals surface area contributed by atoms with Gasteiger partial charge in [-0.25, -0.2) is 0 Å². The van der Waals surface area contributed by atoms with E-state index in [9.17, 15) is 15.8 Å². The lowest BCUT2D eigenvalue weighted by molar-refractivity contribution is 1.18. The SMILES string of the molecule is N#Cc1ccc2c(c1)c1ccccc1n2-c1ccc(-c2cccc(-c3ccccc3-n3c4ccccc4c4ccccc43)c2C#N)c(C#N)c1. The van der Waals surface area contributed by atoms with Crippen LogP contribution in [-0.2, 0) is 0 Å². The molecule has 0 aliphatic carbocycles. The van der Waals surface area contributed by atoms with Gasteiger partial charge in [0.1, 0.15) is 6.07 Å². The second-order valence-electron chi connectivity index (χ2n) is 12.3. The maximum atomic E-state index is 10.8. The van der Waals surface area contributed by atoms with Crippen molar-refractivity contribution in [3.63, 3.8) is 0 Å². The van der Waals surface area contributed by atoms with E-state index >= 15 is 0 Å². The van der Waals surface area contributed by atoms with Crippen molar-refractivity contribution in [3.05, 3.63) is 168 Å². The summed E-state index contributed by atoms with van der Waals surface area (Å²) in [7, 11) is 0. The summed E-state index contributed by atoms with van der Waals surface area (Å²) in [5.74, 6) is 0. The first-order valence-electron chi connectivity index (χ1n) is 16.3. The van der Waals surface area contributed by atoms with Crippen LogP contribution in [0.25, 0.3) is 77.2 Å². The van der Waals surface area contributed by atoms with Crippen LogP contribution in [0.1, 0.15) is 16.7 Å². The number of aromatic nitrogens is 2. The van der Waals surface area contributed by atoms with Gasteiger partial charge in [0.15, 0.2) is 0 Å². The molecule has 0 aliphatic heterocycles. The first-order chi connectivity index (χ1) is 24.7. The molecule has 9 rings (SSSR count). The summed E-state index contributed by atoms with van der Waals surface area (Å²) in [6, 6.07) is 57.6. The van der Waals surface area contributed by atoms with Crippen LogP contribution in [0.5, 0.6) is 0 Å². The predicted molar refractivity (Wildman–Crippen MR) is 200 cm³/mol. The van der Waals surface area contributed by atoms with Gasteiger partial charge in [0.2, 0.25) is 0 Å². The average molecular weight is 636 g/mol. The molecule has 0 aliphatic rings. The molecule has 0 saturated carbocycles. The monoisotopic (exact) mass is 635 g/mol. The van der Waals surface area contributed by atoms with Gasteiger partial charge in [-0.1, -0.05) is 97.1 Å². The summed E-state index contributed by atoms with van der Waals surface area (Å²) < 4.78 is 4.40. The lowest BCUT2D eigenvalue weighted by Crippen LogP contribution is -2.00. The topological polar surface area (TPSA) is 81.2 Å². The third kappa shape index (κ3) is 4.24. The Hall–Kier alpha value is -7.39. The second kappa shape index (κ2) is 11.4. The van der Waals surface area contributed by atoms with Crippen LogP contribution in [0.2, 0.25) is 0 Å². The van der Waals surface area contributed by atoms with E-state index in [1.165, 1.54) is 10.8 Å². The minimum atomic E-state index is 0.464. The predicted octanol–water partition coefficient (Wildman–Crippen LogP) is 10.8. The molecule has 0 bridgehead atoms. The molecule has 50 heavy (non-hydrogen) atoms. The van der Waals surface area contributed by atoms with E-state index in [1.54, 1.807) is 0 Å². The lowest BCUT2D eigenvalue weighted by Gasteiger charge is -2.17. The molecule has 0 spiro atoms. The second-order valence-corrected chi connectivity index (χ2v) is 12.3. The fourth-order valence-electron chi connectivity index (χ4n) is 7.52. The van der Waals surface area contributed by atoms with Crippen LogP contribution < -0.4 is 0 Å². The van der Waals surface area contributed by atoms with Crippen molar-refractivity contribution in [1.82, 2.24) is 9.13 Å². The zero-order chi connectivity index (χ0) is 33.8. The normalized spacial score (nSPS) is 11.1. The van der Waals surface area contributed by atoms with Crippen LogP contribution in [0.3, 0.4) is 0 Å². The highest BCUT2D eigenvalue weighted by atomic mass is 15.0. The van der Waals surface area contributed by atoms with Crippen LogP contribution in [-0.4, -0.2) is 9.13 Å². The third-order valence-corrected chi connectivity index (χ3v) is 9.67. The zero-order valence-electron chi connectivity index (χ0n) is 26.7. The van der Waals surface area contributed by atoms with Crippen molar-refractivity contribution < 1.29 is 0 Å². The highest BCUT2D eigenvalue weighted by Gasteiger charge is 2.21. The van der Waals surface area contributed by atoms with E-state index in [-0.39, 0.29) is 0 Å². The fraction of sp³-hybridized carbons (Fsp3) is 0. The molecule has 5 heteroatoms. The molecule has 230 valence electrons. The van der Waals surface area contributed by atoms with Crippen molar-refractivity contribution in [1.29, 1.82) is 15.8 Å². The highest BCUT2D eigenvalue weighted by molar-refractivity contribution is 6.11. The maximum Gasteiger partial charge on any atom is 0.100 e. The van der Waals surface area contributed by atoms with Gasteiger partial charge in [-0.2, -0.15) is 15.8 Å². The Morgan fingerprint density at radius 3 is 1.60 bits per heavy atom. The minimum Gasteiger partial charge on any atom is -0.309 e. The molecule has 7 aromatic carbocycles. The van der Waals surface area contributed by atoms with E-state index < -0.39 is 0 Å². The quantitative estimate of drug-likeness (QED) is 0.193. The maximum absolute atomic E-state index is 10.8. The Kier molecular flexibility index (Phi) is 6.56. The molecule has 0 unspecified atom stereocenters. The Labute approximate surface area is 287 Å². The standard InChI is InChI=1S/C45H25N5/c46-26-29-20-23-45-39(24-29)38-13-4-5-16-41(38)49(45)31-21-22-32(30(25-31)27-47)33-14-9-15-34(40(33)28-48)35-10-1-6-17-42(35)50-43-18-7-2-11-36(43)37-12-3-8-19-44(37)50/h1-25H. The van der Waals surface area contributed by atoms with Crippen molar-refractivity contribution in [3.8, 4) is 51.8 Å². The van der Waals surface area contributed by atoms with Gasteiger partial charge in [0, 0.05) is 49.5 Å². The molecule has 2 heterocycles. The zero-order valence-corrected chi connectivity index (χ0v) is 26.7. The summed E-state index contributed by atoms with van der Waals surface area (Å²) in [6.07, 6.45) is 0. The molecule has 0 fully saturated rings. The summed E-state index contributed by atoms with van der Waals surface area (Å²) >= 11 is 0. The Balaban J connectivity index is 1.23. The van der Waals surface area contributed by atoms with Crippen molar-refractivity contribution >= 4 is 43.6 Å². The van der Waals surface area contributed by atoms with Gasteiger partial charge in [0.05, 0.1) is 56.6 Å². The molecule has 2 aromatic heterocycles. The number of para-hydroxylation sites is 4. The first kappa shape index (κ1) is 28.8. The Morgan fingerprint density at radius 2 is 0.940 bits per heavy atom. The van der Waals surface area contributed by atoms with Crippen LogP contribution >= 0.6 is 0 Å². The van der Waals surface area contributed by atoms with Crippen LogP contribution in [0.15, 0.2) is 152 Å². The van der Waals surface area contributed by atoms with Gasteiger partial charge in [0.25, 0.3) is 0 Å². The van der Waals surface area contributed by atoms with Crippen molar-refractivity contribution in [2.45, 2.75) is 0 Å². The fourth-order valence-corrected chi connectivity index (χ4v) is 7.52. The van der Waals surface area contributed by atoms with Crippen molar-refractivity contribution in [2.75, 3.05) is 0 Å². The molecule has 0 saturated heterocycles. The van der Waals surface area contributed by atoms with Crippen LogP contribution in [0.4, 0.5) is 0 Å². The lowest BCUT2D eigenvalue weighted by atomic mass is 9.89. The number of benzene rings is 7. The number of hydrogen-bond acceptors (Lipinski definition) is 3.